The van der Waals surface area contributed by atoms with E-state index in [1.54, 1.807) is 4.90 Å². The Bertz CT molecular complexity index is 1460. The molecule has 43 heavy (non-hydrogen) atoms. The molecule has 3 aromatic carbocycles. The van der Waals surface area contributed by atoms with E-state index in [1.165, 1.54) is 35.0 Å². The van der Waals surface area contributed by atoms with Gasteiger partial charge in [0.2, 0.25) is 21.8 Å². The average Bonchev–Trinajstić information content (AvgIpc) is 2.98. The number of rotatable bonds is 13. The van der Waals surface area contributed by atoms with Gasteiger partial charge in [0.1, 0.15) is 11.9 Å². The first kappa shape index (κ1) is 32.2. The minimum atomic E-state index is -3.67. The highest BCUT2D eigenvalue weighted by atomic mass is 32.2. The van der Waals surface area contributed by atoms with Crippen molar-refractivity contribution in [1.29, 1.82) is 0 Å². The van der Waals surface area contributed by atoms with E-state index in [4.69, 9.17) is 0 Å². The van der Waals surface area contributed by atoms with E-state index >= 15 is 0 Å². The molecule has 1 aliphatic carbocycles. The number of nitrogens with one attached hydrogen (secondary N) is 1. The van der Waals surface area contributed by atoms with Gasteiger partial charge in [-0.2, -0.15) is 0 Å². The molecule has 1 fully saturated rings. The van der Waals surface area contributed by atoms with Gasteiger partial charge < -0.3 is 10.2 Å². The lowest BCUT2D eigenvalue weighted by Crippen LogP contribution is -2.53. The molecule has 9 heteroatoms. The molecule has 1 saturated carbocycles. The number of halogens is 1. The molecule has 1 aliphatic rings. The van der Waals surface area contributed by atoms with Crippen LogP contribution >= 0.6 is 0 Å². The van der Waals surface area contributed by atoms with Crippen LogP contribution in [-0.2, 0) is 32.6 Å². The molecule has 4 rings (SSSR count). The predicted octanol–water partition coefficient (Wildman–Crippen LogP) is 5.77. The van der Waals surface area contributed by atoms with E-state index in [9.17, 15) is 22.4 Å². The van der Waals surface area contributed by atoms with Gasteiger partial charge in [-0.15, -0.1) is 0 Å². The van der Waals surface area contributed by atoms with Crippen LogP contribution in [0.3, 0.4) is 0 Å². The molecule has 0 saturated heterocycles. The third kappa shape index (κ3) is 9.64. The molecule has 3 aromatic rings. The number of benzene rings is 3. The summed E-state index contributed by atoms with van der Waals surface area (Å²) in [5.41, 5.74) is 3.26. The largest absolute Gasteiger partial charge is 0.352 e. The molecular weight excluding hydrogens is 565 g/mol. The summed E-state index contributed by atoms with van der Waals surface area (Å²) in [6, 6.07) is 22.2. The third-order valence-electron chi connectivity index (χ3n) is 7.92. The molecule has 0 radical (unpaired) electrons. The van der Waals surface area contributed by atoms with Crippen LogP contribution < -0.4 is 9.62 Å². The molecule has 0 aromatic heterocycles. The van der Waals surface area contributed by atoms with E-state index in [2.05, 4.69) is 5.32 Å². The SMILES string of the molecule is Cc1cccc(CN(C(=O)CCCN(c2ccc(F)cc2)S(C)(=O)=O)[C@H](Cc2ccccc2)C(=O)NC2CCCCC2)c1. The van der Waals surface area contributed by atoms with Crippen molar-refractivity contribution in [2.75, 3.05) is 17.1 Å². The van der Waals surface area contributed by atoms with Gasteiger partial charge in [-0.3, -0.25) is 13.9 Å². The summed E-state index contributed by atoms with van der Waals surface area (Å²) < 4.78 is 39.8. The van der Waals surface area contributed by atoms with Crippen molar-refractivity contribution in [3.8, 4) is 0 Å². The minimum absolute atomic E-state index is 0.0427. The van der Waals surface area contributed by atoms with Crippen LogP contribution in [0.25, 0.3) is 0 Å². The monoisotopic (exact) mass is 607 g/mol. The van der Waals surface area contributed by atoms with Crippen LogP contribution in [0.2, 0.25) is 0 Å². The Morgan fingerprint density at radius 3 is 2.26 bits per heavy atom. The Hall–Kier alpha value is -3.72. The van der Waals surface area contributed by atoms with Gasteiger partial charge in [0.05, 0.1) is 11.9 Å². The molecule has 0 spiro atoms. The normalized spacial score (nSPS) is 14.6. The number of hydrogen-bond acceptors (Lipinski definition) is 4. The second kappa shape index (κ2) is 15.1. The molecule has 0 heterocycles. The van der Waals surface area contributed by atoms with Crippen molar-refractivity contribution in [2.45, 2.75) is 76.9 Å². The quantitative estimate of drug-likeness (QED) is 0.267. The van der Waals surface area contributed by atoms with Crippen LogP contribution in [0.15, 0.2) is 78.9 Å². The maximum absolute atomic E-state index is 14.0. The number of sulfonamides is 1. The highest BCUT2D eigenvalue weighted by molar-refractivity contribution is 7.92. The fraction of sp³-hybridized carbons (Fsp3) is 0.412. The van der Waals surface area contributed by atoms with Crippen molar-refractivity contribution >= 4 is 27.5 Å². The lowest BCUT2D eigenvalue weighted by atomic mass is 9.94. The summed E-state index contributed by atoms with van der Waals surface area (Å²) in [5, 5.41) is 3.24. The first-order valence-electron chi connectivity index (χ1n) is 15.0. The summed E-state index contributed by atoms with van der Waals surface area (Å²) in [6.07, 6.45) is 6.91. The number of hydrogen-bond donors (Lipinski definition) is 1. The number of carbonyl (C=O) groups excluding carboxylic acids is 2. The van der Waals surface area contributed by atoms with E-state index in [-0.39, 0.29) is 43.8 Å². The first-order chi connectivity index (χ1) is 20.6. The van der Waals surface area contributed by atoms with Crippen molar-refractivity contribution < 1.29 is 22.4 Å². The fourth-order valence-electron chi connectivity index (χ4n) is 5.72. The molecule has 0 unspecified atom stereocenters. The Balaban J connectivity index is 1.58. The maximum atomic E-state index is 14.0. The Morgan fingerprint density at radius 2 is 1.60 bits per heavy atom. The second-order valence-corrected chi connectivity index (χ2v) is 13.4. The Kier molecular flexibility index (Phi) is 11.3. The number of anilines is 1. The molecule has 1 N–H and O–H groups in total. The number of carbonyl (C=O) groups is 2. The second-order valence-electron chi connectivity index (χ2n) is 11.5. The zero-order chi connectivity index (χ0) is 30.8. The molecule has 0 aliphatic heterocycles. The standard InChI is InChI=1S/C34H42FN3O4S/c1-26-11-9-14-28(23-26)25-37(33(39)17-10-22-38(43(2,41)42)31-20-18-29(35)19-21-31)32(24-27-12-5-3-6-13-27)34(40)36-30-15-7-4-8-16-30/h3,5-6,9,11-14,18-21,23,30,32H,4,7-8,10,15-17,22,24-25H2,1-2H3,(H,36,40)/t32-/m1/s1. The number of amides is 2. The van der Waals surface area contributed by atoms with Crippen LogP contribution in [0.4, 0.5) is 10.1 Å². The van der Waals surface area contributed by atoms with Gasteiger partial charge in [-0.1, -0.05) is 79.4 Å². The van der Waals surface area contributed by atoms with E-state index in [0.717, 1.165) is 48.6 Å². The van der Waals surface area contributed by atoms with Crippen LogP contribution in [-0.4, -0.2) is 50.0 Å². The van der Waals surface area contributed by atoms with E-state index < -0.39 is 21.9 Å². The van der Waals surface area contributed by atoms with E-state index in [1.807, 2.05) is 61.5 Å². The highest BCUT2D eigenvalue weighted by Crippen LogP contribution is 2.22. The van der Waals surface area contributed by atoms with Crippen LogP contribution in [0.1, 0.15) is 61.6 Å². The number of aryl methyl sites for hydroxylation is 1. The van der Waals surface area contributed by atoms with Crippen molar-refractivity contribution in [2.24, 2.45) is 0 Å². The van der Waals surface area contributed by atoms with Gasteiger partial charge >= 0.3 is 0 Å². The lowest BCUT2D eigenvalue weighted by Gasteiger charge is -2.34. The molecule has 1 atom stereocenters. The zero-order valence-electron chi connectivity index (χ0n) is 25.0. The summed E-state index contributed by atoms with van der Waals surface area (Å²) in [7, 11) is -3.67. The van der Waals surface area contributed by atoms with Gasteiger partial charge in [0.15, 0.2) is 0 Å². The van der Waals surface area contributed by atoms with Crippen LogP contribution in [0, 0.1) is 12.7 Å². The van der Waals surface area contributed by atoms with Crippen molar-refractivity contribution in [3.63, 3.8) is 0 Å². The predicted molar refractivity (Wildman–Crippen MR) is 169 cm³/mol. The summed E-state index contributed by atoms with van der Waals surface area (Å²) >= 11 is 0. The van der Waals surface area contributed by atoms with Gasteiger partial charge in [0, 0.05) is 32.0 Å². The van der Waals surface area contributed by atoms with Crippen LogP contribution in [0.5, 0.6) is 0 Å². The lowest BCUT2D eigenvalue weighted by molar-refractivity contribution is -0.141. The molecule has 230 valence electrons. The average molecular weight is 608 g/mol. The Morgan fingerprint density at radius 1 is 0.930 bits per heavy atom. The molecule has 0 bridgehead atoms. The topological polar surface area (TPSA) is 86.8 Å². The van der Waals surface area contributed by atoms with Gasteiger partial charge in [-0.05, 0) is 61.6 Å². The molecule has 2 amide bonds. The number of nitrogens with zero attached hydrogens (tertiary/aromatic N) is 2. The molecular formula is C34H42FN3O4S. The minimum Gasteiger partial charge on any atom is -0.352 e. The van der Waals surface area contributed by atoms with Crippen molar-refractivity contribution in [3.05, 3.63) is 101 Å². The third-order valence-corrected chi connectivity index (χ3v) is 9.12. The van der Waals surface area contributed by atoms with Gasteiger partial charge in [-0.25, -0.2) is 12.8 Å². The van der Waals surface area contributed by atoms with E-state index in [0.29, 0.717) is 12.1 Å². The fourth-order valence-corrected chi connectivity index (χ4v) is 6.68. The first-order valence-corrected chi connectivity index (χ1v) is 16.9. The van der Waals surface area contributed by atoms with Crippen molar-refractivity contribution in [1.82, 2.24) is 10.2 Å². The molecule has 7 nitrogen and oxygen atoms in total. The summed E-state index contributed by atoms with van der Waals surface area (Å²) in [5.74, 6) is -0.857. The maximum Gasteiger partial charge on any atom is 0.243 e. The van der Waals surface area contributed by atoms with Gasteiger partial charge in [0.25, 0.3) is 0 Å². The Labute approximate surface area is 255 Å². The highest BCUT2D eigenvalue weighted by Gasteiger charge is 2.32. The summed E-state index contributed by atoms with van der Waals surface area (Å²) in [4.78, 5) is 29.6. The smallest absolute Gasteiger partial charge is 0.243 e. The summed E-state index contributed by atoms with van der Waals surface area (Å²) in [6.45, 7) is 2.29. The zero-order valence-corrected chi connectivity index (χ0v) is 25.9.